The third-order valence-corrected chi connectivity index (χ3v) is 3.09. The van der Waals surface area contributed by atoms with E-state index in [1.165, 1.54) is 0 Å². The zero-order valence-electron chi connectivity index (χ0n) is 10.0. The summed E-state index contributed by atoms with van der Waals surface area (Å²) in [5.74, 6) is 1.15. The zero-order chi connectivity index (χ0) is 13.3. The van der Waals surface area contributed by atoms with Crippen molar-refractivity contribution in [3.63, 3.8) is 0 Å². The van der Waals surface area contributed by atoms with Gasteiger partial charge in [-0.15, -0.1) is 0 Å². The van der Waals surface area contributed by atoms with Gasteiger partial charge < -0.3 is 10.3 Å². The van der Waals surface area contributed by atoms with Crippen LogP contribution in [0.2, 0.25) is 10.0 Å². The fourth-order valence-corrected chi connectivity index (χ4v) is 2.03. The SMILES string of the molecule is CC(C)c1nc(C(N)c2ccc(Cl)cc2Cl)no1. The highest BCUT2D eigenvalue weighted by Gasteiger charge is 2.19. The maximum absolute atomic E-state index is 6.09. The highest BCUT2D eigenvalue weighted by Crippen LogP contribution is 2.28. The second-order valence-electron chi connectivity index (χ2n) is 4.29. The summed E-state index contributed by atoms with van der Waals surface area (Å²) in [7, 11) is 0. The largest absolute Gasteiger partial charge is 0.339 e. The van der Waals surface area contributed by atoms with Crippen molar-refractivity contribution < 1.29 is 4.52 Å². The lowest BCUT2D eigenvalue weighted by Gasteiger charge is -2.09. The van der Waals surface area contributed by atoms with Crippen molar-refractivity contribution in [2.24, 2.45) is 5.73 Å². The highest BCUT2D eigenvalue weighted by atomic mass is 35.5. The van der Waals surface area contributed by atoms with Gasteiger partial charge in [0.05, 0.1) is 6.04 Å². The van der Waals surface area contributed by atoms with Gasteiger partial charge in [0.2, 0.25) is 5.89 Å². The molecule has 0 spiro atoms. The molecule has 0 saturated carbocycles. The van der Waals surface area contributed by atoms with Crippen LogP contribution >= 0.6 is 23.2 Å². The van der Waals surface area contributed by atoms with Gasteiger partial charge in [-0.2, -0.15) is 4.98 Å². The molecule has 96 valence electrons. The lowest BCUT2D eigenvalue weighted by Crippen LogP contribution is -2.14. The van der Waals surface area contributed by atoms with Crippen molar-refractivity contribution in [1.29, 1.82) is 0 Å². The third-order valence-electron chi connectivity index (χ3n) is 2.53. The highest BCUT2D eigenvalue weighted by molar-refractivity contribution is 6.35. The number of nitrogens with two attached hydrogens (primary N) is 1. The molecule has 1 unspecified atom stereocenters. The van der Waals surface area contributed by atoms with Crippen LogP contribution in [0.15, 0.2) is 22.7 Å². The molecule has 0 saturated heterocycles. The predicted octanol–water partition coefficient (Wildman–Crippen LogP) is 3.55. The van der Waals surface area contributed by atoms with Crippen LogP contribution in [-0.2, 0) is 0 Å². The van der Waals surface area contributed by atoms with Crippen molar-refractivity contribution in [2.45, 2.75) is 25.8 Å². The van der Waals surface area contributed by atoms with Crippen LogP contribution in [0.1, 0.15) is 43.1 Å². The van der Waals surface area contributed by atoms with Crippen LogP contribution in [-0.4, -0.2) is 10.1 Å². The Labute approximate surface area is 115 Å². The lowest BCUT2D eigenvalue weighted by molar-refractivity contribution is 0.359. The van der Waals surface area contributed by atoms with Crippen LogP contribution in [0.25, 0.3) is 0 Å². The molecule has 1 heterocycles. The summed E-state index contributed by atoms with van der Waals surface area (Å²) in [6, 6.07) is 4.61. The summed E-state index contributed by atoms with van der Waals surface area (Å²) in [5.41, 5.74) is 6.79. The predicted molar refractivity (Wildman–Crippen MR) is 70.9 cm³/mol. The molecule has 4 nitrogen and oxygen atoms in total. The average Bonchev–Trinajstić information content (AvgIpc) is 2.77. The van der Waals surface area contributed by atoms with Crippen molar-refractivity contribution in [2.75, 3.05) is 0 Å². The molecule has 2 rings (SSSR count). The molecule has 0 aliphatic heterocycles. The molecule has 18 heavy (non-hydrogen) atoms. The van der Waals surface area contributed by atoms with Gasteiger partial charge in [0, 0.05) is 16.0 Å². The topological polar surface area (TPSA) is 64.9 Å². The summed E-state index contributed by atoms with van der Waals surface area (Å²) in [6.07, 6.45) is 0. The molecule has 0 aliphatic rings. The number of rotatable bonds is 3. The first-order chi connectivity index (χ1) is 8.49. The van der Waals surface area contributed by atoms with Crippen molar-refractivity contribution >= 4 is 23.2 Å². The molecule has 0 amide bonds. The van der Waals surface area contributed by atoms with Crippen LogP contribution in [0, 0.1) is 0 Å². The van der Waals surface area contributed by atoms with E-state index in [1.54, 1.807) is 18.2 Å². The van der Waals surface area contributed by atoms with Gasteiger partial charge in [-0.3, -0.25) is 0 Å². The Bertz CT molecular complexity index is 554. The van der Waals surface area contributed by atoms with Crippen LogP contribution in [0.3, 0.4) is 0 Å². The monoisotopic (exact) mass is 285 g/mol. The maximum atomic E-state index is 6.09. The van der Waals surface area contributed by atoms with E-state index in [2.05, 4.69) is 10.1 Å². The Balaban J connectivity index is 2.32. The third kappa shape index (κ3) is 2.66. The van der Waals surface area contributed by atoms with Gasteiger partial charge >= 0.3 is 0 Å². The number of hydrogen-bond donors (Lipinski definition) is 1. The van der Waals surface area contributed by atoms with Gasteiger partial charge in [-0.05, 0) is 17.7 Å². The summed E-state index contributed by atoms with van der Waals surface area (Å²) in [5, 5.41) is 4.93. The van der Waals surface area contributed by atoms with Crippen LogP contribution in [0.4, 0.5) is 0 Å². The van der Waals surface area contributed by atoms with E-state index in [0.717, 1.165) is 5.56 Å². The first-order valence-corrected chi connectivity index (χ1v) is 6.28. The number of aromatic nitrogens is 2. The van der Waals surface area contributed by atoms with E-state index in [0.29, 0.717) is 21.8 Å². The van der Waals surface area contributed by atoms with Gasteiger partial charge in [0.25, 0.3) is 0 Å². The van der Waals surface area contributed by atoms with E-state index in [1.807, 2.05) is 13.8 Å². The molecular weight excluding hydrogens is 273 g/mol. The molecule has 2 aromatic rings. The smallest absolute Gasteiger partial charge is 0.229 e. The number of halogens is 2. The molecule has 1 aromatic carbocycles. The van der Waals surface area contributed by atoms with Gasteiger partial charge in [-0.1, -0.05) is 48.3 Å². The average molecular weight is 286 g/mol. The number of nitrogens with zero attached hydrogens (tertiary/aromatic N) is 2. The van der Waals surface area contributed by atoms with E-state index in [-0.39, 0.29) is 5.92 Å². The first kappa shape index (κ1) is 13.3. The van der Waals surface area contributed by atoms with Gasteiger partial charge in [-0.25, -0.2) is 0 Å². The second kappa shape index (κ2) is 5.26. The second-order valence-corrected chi connectivity index (χ2v) is 5.13. The molecule has 2 N–H and O–H groups in total. The number of hydrogen-bond acceptors (Lipinski definition) is 4. The fraction of sp³-hybridized carbons (Fsp3) is 0.333. The van der Waals surface area contributed by atoms with E-state index in [9.17, 15) is 0 Å². The van der Waals surface area contributed by atoms with E-state index in [4.69, 9.17) is 33.5 Å². The zero-order valence-corrected chi connectivity index (χ0v) is 11.5. The quantitative estimate of drug-likeness (QED) is 0.937. The molecule has 0 radical (unpaired) electrons. The van der Waals surface area contributed by atoms with Crippen LogP contribution in [0.5, 0.6) is 0 Å². The van der Waals surface area contributed by atoms with Crippen LogP contribution < -0.4 is 5.73 Å². The maximum Gasteiger partial charge on any atom is 0.229 e. The fourth-order valence-electron chi connectivity index (χ4n) is 1.50. The van der Waals surface area contributed by atoms with E-state index < -0.39 is 6.04 Å². The molecule has 0 fully saturated rings. The minimum Gasteiger partial charge on any atom is -0.339 e. The Hall–Kier alpha value is -1.10. The van der Waals surface area contributed by atoms with Gasteiger partial charge in [0.1, 0.15) is 0 Å². The number of benzene rings is 1. The Morgan fingerprint density at radius 2 is 2.00 bits per heavy atom. The molecule has 6 heteroatoms. The Morgan fingerprint density at radius 1 is 1.28 bits per heavy atom. The van der Waals surface area contributed by atoms with Crippen molar-refractivity contribution in [3.8, 4) is 0 Å². The van der Waals surface area contributed by atoms with Crippen molar-refractivity contribution in [1.82, 2.24) is 10.1 Å². The molecule has 1 atom stereocenters. The summed E-state index contributed by atoms with van der Waals surface area (Å²) in [6.45, 7) is 3.94. The van der Waals surface area contributed by atoms with Gasteiger partial charge in [0.15, 0.2) is 5.82 Å². The lowest BCUT2D eigenvalue weighted by atomic mass is 10.1. The minimum atomic E-state index is -0.522. The molecule has 1 aromatic heterocycles. The standard InChI is InChI=1S/C12H13Cl2N3O/c1-6(2)12-16-11(17-18-12)10(15)8-4-3-7(13)5-9(8)14/h3-6,10H,15H2,1-2H3. The summed E-state index contributed by atoms with van der Waals surface area (Å²) in [4.78, 5) is 4.26. The first-order valence-electron chi connectivity index (χ1n) is 5.53. The molecular formula is C12H13Cl2N3O. The molecule has 0 aliphatic carbocycles. The summed E-state index contributed by atoms with van der Waals surface area (Å²) >= 11 is 11.9. The molecule has 0 bridgehead atoms. The normalized spacial score (nSPS) is 13.0. The Morgan fingerprint density at radius 3 is 2.56 bits per heavy atom. The minimum absolute atomic E-state index is 0.166. The van der Waals surface area contributed by atoms with Crippen molar-refractivity contribution in [3.05, 3.63) is 45.5 Å². The Kier molecular flexibility index (Phi) is 3.90. The van der Waals surface area contributed by atoms with E-state index >= 15 is 0 Å². The summed E-state index contributed by atoms with van der Waals surface area (Å²) < 4.78 is 5.12.